The second kappa shape index (κ2) is 4.00. The van der Waals surface area contributed by atoms with E-state index in [9.17, 15) is 4.79 Å². The smallest absolute Gasteiger partial charge is 0.253 e. The predicted molar refractivity (Wildman–Crippen MR) is 68.7 cm³/mol. The lowest BCUT2D eigenvalue weighted by molar-refractivity contribution is -0.116. The van der Waals surface area contributed by atoms with Gasteiger partial charge in [-0.2, -0.15) is 10.1 Å². The van der Waals surface area contributed by atoms with Gasteiger partial charge in [0.25, 0.3) is 5.91 Å². The van der Waals surface area contributed by atoms with Gasteiger partial charge in [0.1, 0.15) is 0 Å². The van der Waals surface area contributed by atoms with Crippen LogP contribution in [0.4, 0.5) is 5.69 Å². The molecule has 1 aliphatic heterocycles. The molecule has 0 radical (unpaired) electrons. The molecule has 0 aromatic heterocycles. The third kappa shape index (κ3) is 2.05. The normalized spacial score (nSPS) is 19.8. The lowest BCUT2D eigenvalue weighted by Gasteiger charge is -2.13. The molecule has 0 saturated heterocycles. The molecule has 0 atom stereocenters. The summed E-state index contributed by atoms with van der Waals surface area (Å²) in [7, 11) is 0. The van der Waals surface area contributed by atoms with Gasteiger partial charge in [0.05, 0.1) is 22.8 Å². The molecular weight excluding hydrogens is 259 g/mol. The van der Waals surface area contributed by atoms with E-state index < -0.39 is 0 Å². The van der Waals surface area contributed by atoms with Crippen molar-refractivity contribution in [3.05, 3.63) is 28.2 Å². The van der Waals surface area contributed by atoms with Gasteiger partial charge in [-0.15, -0.1) is 0 Å². The average molecular weight is 269 g/mol. The minimum atomic E-state index is -0.0175. The summed E-state index contributed by atoms with van der Waals surface area (Å²) in [5.74, 6) is 0.492. The molecule has 1 heterocycles. The second-order valence-electron chi connectivity index (χ2n) is 4.34. The number of anilines is 1. The van der Waals surface area contributed by atoms with Crippen LogP contribution in [0, 0.1) is 5.92 Å². The zero-order valence-electron chi connectivity index (χ0n) is 8.99. The molecule has 1 amide bonds. The summed E-state index contributed by atoms with van der Waals surface area (Å²) in [5.41, 5.74) is 1.60. The number of rotatable bonds is 2. The summed E-state index contributed by atoms with van der Waals surface area (Å²) in [6, 6.07) is 5.05. The van der Waals surface area contributed by atoms with Crippen molar-refractivity contribution < 1.29 is 4.79 Å². The van der Waals surface area contributed by atoms with Crippen LogP contribution in [0.15, 0.2) is 23.3 Å². The predicted octanol–water partition coefficient (Wildman–Crippen LogP) is 3.50. The van der Waals surface area contributed by atoms with Crippen molar-refractivity contribution in [2.45, 2.75) is 19.3 Å². The molecule has 3 rings (SSSR count). The van der Waals surface area contributed by atoms with E-state index in [-0.39, 0.29) is 5.91 Å². The van der Waals surface area contributed by atoms with E-state index >= 15 is 0 Å². The summed E-state index contributed by atoms with van der Waals surface area (Å²) in [6.45, 7) is 0. The first kappa shape index (κ1) is 11.1. The number of carbonyl (C=O) groups excluding carboxylic acids is 1. The highest BCUT2D eigenvalue weighted by Gasteiger charge is 2.36. The van der Waals surface area contributed by atoms with Gasteiger partial charge in [-0.3, -0.25) is 4.79 Å². The summed E-state index contributed by atoms with van der Waals surface area (Å²) in [4.78, 5) is 11.9. The van der Waals surface area contributed by atoms with Crippen molar-refractivity contribution in [1.82, 2.24) is 0 Å². The highest BCUT2D eigenvalue weighted by atomic mass is 35.5. The van der Waals surface area contributed by atoms with Crippen molar-refractivity contribution in [2.24, 2.45) is 11.0 Å². The van der Waals surface area contributed by atoms with E-state index in [0.717, 1.165) is 18.6 Å². The van der Waals surface area contributed by atoms with E-state index in [1.54, 1.807) is 18.2 Å². The Kier molecular flexibility index (Phi) is 2.60. The number of hydrogen-bond acceptors (Lipinski definition) is 2. The fourth-order valence-electron chi connectivity index (χ4n) is 1.93. The Balaban J connectivity index is 1.95. The second-order valence-corrected chi connectivity index (χ2v) is 5.19. The van der Waals surface area contributed by atoms with Crippen LogP contribution in [0.25, 0.3) is 0 Å². The molecule has 5 heteroatoms. The first-order valence-electron chi connectivity index (χ1n) is 5.50. The summed E-state index contributed by atoms with van der Waals surface area (Å²) >= 11 is 11.9. The van der Waals surface area contributed by atoms with E-state index in [1.165, 1.54) is 5.01 Å². The van der Waals surface area contributed by atoms with Gasteiger partial charge >= 0.3 is 0 Å². The van der Waals surface area contributed by atoms with Crippen LogP contribution >= 0.6 is 23.2 Å². The van der Waals surface area contributed by atoms with Gasteiger partial charge in [0.2, 0.25) is 0 Å². The van der Waals surface area contributed by atoms with E-state index in [4.69, 9.17) is 23.2 Å². The first-order valence-corrected chi connectivity index (χ1v) is 6.26. The number of amides is 1. The monoisotopic (exact) mass is 268 g/mol. The van der Waals surface area contributed by atoms with Gasteiger partial charge in [-0.25, -0.2) is 0 Å². The molecule has 2 aliphatic rings. The Morgan fingerprint density at radius 1 is 1.29 bits per heavy atom. The van der Waals surface area contributed by atoms with Gasteiger partial charge in [-0.05, 0) is 37.0 Å². The number of carbonyl (C=O) groups is 1. The van der Waals surface area contributed by atoms with Crippen LogP contribution in [0.5, 0.6) is 0 Å². The van der Waals surface area contributed by atoms with Crippen LogP contribution in [-0.4, -0.2) is 11.6 Å². The Morgan fingerprint density at radius 2 is 2.06 bits per heavy atom. The molecule has 0 spiro atoms. The third-order valence-corrected chi connectivity index (χ3v) is 3.52. The highest BCUT2D eigenvalue weighted by Crippen LogP contribution is 2.37. The van der Waals surface area contributed by atoms with Gasteiger partial charge in [0.15, 0.2) is 0 Å². The molecule has 1 aromatic rings. The number of nitrogens with zero attached hydrogens (tertiary/aromatic N) is 2. The van der Waals surface area contributed by atoms with Crippen LogP contribution in [0.2, 0.25) is 10.0 Å². The van der Waals surface area contributed by atoms with Crippen molar-refractivity contribution in [3.8, 4) is 0 Å². The zero-order valence-corrected chi connectivity index (χ0v) is 10.5. The molecule has 17 heavy (non-hydrogen) atoms. The van der Waals surface area contributed by atoms with Crippen LogP contribution < -0.4 is 5.01 Å². The van der Waals surface area contributed by atoms with Gasteiger partial charge in [0, 0.05) is 5.02 Å². The Labute approximate surface area is 109 Å². The first-order chi connectivity index (χ1) is 8.15. The molecule has 3 nitrogen and oxygen atoms in total. The highest BCUT2D eigenvalue weighted by molar-refractivity contribution is 6.37. The van der Waals surface area contributed by atoms with E-state index in [2.05, 4.69) is 5.10 Å². The fraction of sp³-hybridized carbons (Fsp3) is 0.333. The molecule has 88 valence electrons. The maximum atomic E-state index is 11.9. The summed E-state index contributed by atoms with van der Waals surface area (Å²) < 4.78 is 0. The SMILES string of the molecule is O=C1CC(C2CC2)=NN1c1ccc(Cl)cc1Cl. The van der Waals surface area contributed by atoms with Crippen LogP contribution in [0.1, 0.15) is 19.3 Å². The van der Waals surface area contributed by atoms with Crippen molar-refractivity contribution in [3.63, 3.8) is 0 Å². The third-order valence-electron chi connectivity index (χ3n) is 2.98. The topological polar surface area (TPSA) is 32.7 Å². The number of halogens is 2. The van der Waals surface area contributed by atoms with Gasteiger partial charge in [-0.1, -0.05) is 23.2 Å². The van der Waals surface area contributed by atoms with Crippen molar-refractivity contribution in [2.75, 3.05) is 5.01 Å². The molecule has 1 fully saturated rings. The molecule has 0 bridgehead atoms. The lowest BCUT2D eigenvalue weighted by atomic mass is 10.2. The van der Waals surface area contributed by atoms with Gasteiger partial charge < -0.3 is 0 Å². The molecular formula is C12H10Cl2N2O. The van der Waals surface area contributed by atoms with Crippen molar-refractivity contribution >= 4 is 40.5 Å². The number of hydrogen-bond donors (Lipinski definition) is 0. The minimum Gasteiger partial charge on any atom is -0.272 e. The Hall–Kier alpha value is -1.06. The quantitative estimate of drug-likeness (QED) is 0.808. The Morgan fingerprint density at radius 3 is 2.71 bits per heavy atom. The largest absolute Gasteiger partial charge is 0.272 e. The number of benzene rings is 1. The minimum absolute atomic E-state index is 0.0175. The molecule has 0 unspecified atom stereocenters. The van der Waals surface area contributed by atoms with Crippen molar-refractivity contribution in [1.29, 1.82) is 0 Å². The standard InChI is InChI=1S/C12H10Cl2N2O/c13-8-3-4-11(9(14)5-8)16-12(17)6-10(15-16)7-1-2-7/h3-5,7H,1-2,6H2. The lowest BCUT2D eigenvalue weighted by Crippen LogP contribution is -2.19. The zero-order chi connectivity index (χ0) is 12.0. The fourth-order valence-corrected chi connectivity index (χ4v) is 2.42. The average Bonchev–Trinajstić information content (AvgIpc) is 3.04. The Bertz CT molecular complexity index is 523. The van der Waals surface area contributed by atoms with Crippen LogP contribution in [-0.2, 0) is 4.79 Å². The maximum absolute atomic E-state index is 11.9. The summed E-state index contributed by atoms with van der Waals surface area (Å²) in [6.07, 6.45) is 2.71. The molecule has 1 saturated carbocycles. The van der Waals surface area contributed by atoms with E-state index in [0.29, 0.717) is 28.1 Å². The molecule has 1 aromatic carbocycles. The maximum Gasteiger partial charge on any atom is 0.253 e. The molecule has 1 aliphatic carbocycles. The molecule has 0 N–H and O–H groups in total. The number of hydrazone groups is 1. The van der Waals surface area contributed by atoms with Crippen LogP contribution in [0.3, 0.4) is 0 Å². The summed E-state index contributed by atoms with van der Waals surface area (Å²) in [5, 5.41) is 6.76. The van der Waals surface area contributed by atoms with E-state index in [1.807, 2.05) is 0 Å².